The summed E-state index contributed by atoms with van der Waals surface area (Å²) in [6, 6.07) is 9.45. The molecule has 0 radical (unpaired) electrons. The van der Waals surface area contributed by atoms with Crippen molar-refractivity contribution in [2.24, 2.45) is 0 Å². The van der Waals surface area contributed by atoms with Gasteiger partial charge in [-0.25, -0.2) is 0 Å². The van der Waals surface area contributed by atoms with E-state index in [1.165, 1.54) is 19.3 Å². The molecule has 3 nitrogen and oxygen atoms in total. The van der Waals surface area contributed by atoms with Crippen molar-refractivity contribution < 1.29 is 14.9 Å². The minimum atomic E-state index is -0.407. The lowest BCUT2D eigenvalue weighted by atomic mass is 9.98. The van der Waals surface area contributed by atoms with Crippen LogP contribution in [0.4, 0.5) is 0 Å². The molecule has 0 amide bonds. The number of rotatable bonds is 3. The van der Waals surface area contributed by atoms with E-state index >= 15 is 0 Å². The van der Waals surface area contributed by atoms with Gasteiger partial charge in [0.2, 0.25) is 0 Å². The molecular formula is C15H24O3. The summed E-state index contributed by atoms with van der Waals surface area (Å²) in [7, 11) is 0. The molecule has 0 bridgehead atoms. The van der Waals surface area contributed by atoms with Crippen LogP contribution in [-0.4, -0.2) is 29.0 Å². The van der Waals surface area contributed by atoms with Crippen molar-refractivity contribution >= 4 is 0 Å². The van der Waals surface area contributed by atoms with Gasteiger partial charge in [-0.05, 0) is 31.9 Å². The van der Waals surface area contributed by atoms with E-state index in [0.29, 0.717) is 6.61 Å². The molecule has 1 fully saturated rings. The van der Waals surface area contributed by atoms with Gasteiger partial charge in [0.1, 0.15) is 12.4 Å². The number of benzene rings is 1. The Balaban J connectivity index is 0.000000199. The van der Waals surface area contributed by atoms with Crippen molar-refractivity contribution in [2.45, 2.75) is 51.2 Å². The van der Waals surface area contributed by atoms with E-state index in [4.69, 9.17) is 14.9 Å². The predicted molar refractivity (Wildman–Crippen MR) is 72.7 cm³/mol. The lowest BCUT2D eigenvalue weighted by Crippen LogP contribution is -2.12. The summed E-state index contributed by atoms with van der Waals surface area (Å²) in [6.45, 7) is 2.05. The van der Waals surface area contributed by atoms with E-state index in [1.54, 1.807) is 6.92 Å². The van der Waals surface area contributed by atoms with Crippen molar-refractivity contribution in [3.63, 3.8) is 0 Å². The molecule has 1 saturated carbocycles. The van der Waals surface area contributed by atoms with Crippen LogP contribution < -0.4 is 4.74 Å². The standard InChI is InChI=1S/C9H12O2.C6H12O/c1-8(10)7-11-9-5-3-2-4-6-9;7-6-4-2-1-3-5-6/h2-6,8,10H,7H2,1H3;6-7H,1-5H2. The molecule has 0 aromatic heterocycles. The predicted octanol–water partition coefficient (Wildman–Crippen LogP) is 2.76. The maximum absolute atomic E-state index is 8.91. The van der Waals surface area contributed by atoms with Gasteiger partial charge >= 0.3 is 0 Å². The normalized spacial score (nSPS) is 17.5. The third-order valence-electron chi connectivity index (χ3n) is 2.81. The first kappa shape index (κ1) is 15.0. The second kappa shape index (κ2) is 8.95. The molecule has 3 heteroatoms. The topological polar surface area (TPSA) is 49.7 Å². The fraction of sp³-hybridized carbons (Fsp3) is 0.600. The Kier molecular flexibility index (Phi) is 7.46. The molecule has 0 aliphatic heterocycles. The fourth-order valence-corrected chi connectivity index (χ4v) is 1.81. The summed E-state index contributed by atoms with van der Waals surface area (Å²) in [4.78, 5) is 0. The maximum Gasteiger partial charge on any atom is 0.119 e. The van der Waals surface area contributed by atoms with Crippen LogP contribution in [0.25, 0.3) is 0 Å². The fourth-order valence-electron chi connectivity index (χ4n) is 1.81. The molecule has 102 valence electrons. The molecule has 2 N–H and O–H groups in total. The molecule has 1 unspecified atom stereocenters. The molecule has 1 aliphatic rings. The van der Waals surface area contributed by atoms with Crippen LogP contribution in [0.5, 0.6) is 5.75 Å². The maximum atomic E-state index is 8.91. The Morgan fingerprint density at radius 3 is 2.22 bits per heavy atom. The second-order valence-corrected chi connectivity index (χ2v) is 4.76. The van der Waals surface area contributed by atoms with Crippen molar-refractivity contribution in [3.05, 3.63) is 30.3 Å². The molecule has 1 aromatic carbocycles. The van der Waals surface area contributed by atoms with E-state index in [9.17, 15) is 0 Å². The first-order chi connectivity index (χ1) is 8.68. The molecular weight excluding hydrogens is 228 g/mol. The van der Waals surface area contributed by atoms with Gasteiger partial charge in [-0.1, -0.05) is 37.5 Å². The molecule has 0 saturated heterocycles. The van der Waals surface area contributed by atoms with E-state index in [0.717, 1.165) is 18.6 Å². The van der Waals surface area contributed by atoms with Crippen LogP contribution in [0.15, 0.2) is 30.3 Å². The Morgan fingerprint density at radius 1 is 1.17 bits per heavy atom. The summed E-state index contributed by atoms with van der Waals surface area (Å²) < 4.78 is 5.22. The van der Waals surface area contributed by atoms with Crippen LogP contribution >= 0.6 is 0 Å². The highest BCUT2D eigenvalue weighted by Crippen LogP contribution is 2.16. The summed E-state index contributed by atoms with van der Waals surface area (Å²) in [5.41, 5.74) is 0. The summed E-state index contributed by atoms with van der Waals surface area (Å²) in [5.74, 6) is 0.799. The largest absolute Gasteiger partial charge is 0.491 e. The van der Waals surface area contributed by atoms with E-state index in [2.05, 4.69) is 0 Å². The monoisotopic (exact) mass is 252 g/mol. The van der Waals surface area contributed by atoms with Crippen molar-refractivity contribution in [1.82, 2.24) is 0 Å². The first-order valence-electron chi connectivity index (χ1n) is 6.72. The Labute approximate surface area is 109 Å². The van der Waals surface area contributed by atoms with Gasteiger partial charge < -0.3 is 14.9 Å². The van der Waals surface area contributed by atoms with Gasteiger partial charge in [0.05, 0.1) is 12.2 Å². The zero-order valence-corrected chi connectivity index (χ0v) is 11.1. The zero-order chi connectivity index (χ0) is 13.2. The average molecular weight is 252 g/mol. The third kappa shape index (κ3) is 7.30. The number of aliphatic hydroxyl groups excluding tert-OH is 2. The van der Waals surface area contributed by atoms with E-state index < -0.39 is 6.10 Å². The molecule has 18 heavy (non-hydrogen) atoms. The molecule has 1 atom stereocenters. The van der Waals surface area contributed by atoms with Crippen molar-refractivity contribution in [2.75, 3.05) is 6.61 Å². The molecule has 2 rings (SSSR count). The molecule has 0 spiro atoms. The Bertz CT molecular complexity index is 292. The Morgan fingerprint density at radius 2 is 1.78 bits per heavy atom. The highest BCUT2D eigenvalue weighted by molar-refractivity contribution is 5.20. The van der Waals surface area contributed by atoms with Crippen LogP contribution in [0.2, 0.25) is 0 Å². The van der Waals surface area contributed by atoms with Gasteiger partial charge in [-0.3, -0.25) is 0 Å². The van der Waals surface area contributed by atoms with Crippen LogP contribution in [-0.2, 0) is 0 Å². The lowest BCUT2D eigenvalue weighted by Gasteiger charge is -2.14. The summed E-state index contributed by atoms with van der Waals surface area (Å²) >= 11 is 0. The smallest absolute Gasteiger partial charge is 0.119 e. The lowest BCUT2D eigenvalue weighted by molar-refractivity contribution is 0.123. The van der Waals surface area contributed by atoms with Crippen LogP contribution in [0, 0.1) is 0 Å². The quantitative estimate of drug-likeness (QED) is 0.869. The van der Waals surface area contributed by atoms with E-state index in [1.807, 2.05) is 30.3 Å². The first-order valence-corrected chi connectivity index (χ1v) is 6.72. The molecule has 1 aliphatic carbocycles. The average Bonchev–Trinajstić information content (AvgIpc) is 2.39. The third-order valence-corrected chi connectivity index (χ3v) is 2.81. The number of para-hydroxylation sites is 1. The van der Waals surface area contributed by atoms with Crippen LogP contribution in [0.1, 0.15) is 39.0 Å². The minimum absolute atomic E-state index is 0.0359. The van der Waals surface area contributed by atoms with Gasteiger partial charge in [0.15, 0.2) is 0 Å². The molecule has 1 aromatic rings. The highest BCUT2D eigenvalue weighted by Gasteiger charge is 2.07. The van der Waals surface area contributed by atoms with Gasteiger partial charge in [-0.2, -0.15) is 0 Å². The summed E-state index contributed by atoms with van der Waals surface area (Å²) in [6.07, 6.45) is 5.52. The van der Waals surface area contributed by atoms with Crippen molar-refractivity contribution in [1.29, 1.82) is 0 Å². The number of ether oxygens (including phenoxy) is 1. The summed E-state index contributed by atoms with van der Waals surface area (Å²) in [5, 5.41) is 17.8. The highest BCUT2D eigenvalue weighted by atomic mass is 16.5. The van der Waals surface area contributed by atoms with Gasteiger partial charge in [0.25, 0.3) is 0 Å². The van der Waals surface area contributed by atoms with Crippen LogP contribution in [0.3, 0.4) is 0 Å². The SMILES string of the molecule is CC(O)COc1ccccc1.OC1CCCCC1. The van der Waals surface area contributed by atoms with Gasteiger partial charge in [-0.15, -0.1) is 0 Å². The Hall–Kier alpha value is -1.06. The number of hydrogen-bond donors (Lipinski definition) is 2. The van der Waals surface area contributed by atoms with Crippen molar-refractivity contribution in [3.8, 4) is 5.75 Å². The number of aliphatic hydroxyl groups is 2. The zero-order valence-electron chi connectivity index (χ0n) is 11.1. The van der Waals surface area contributed by atoms with E-state index in [-0.39, 0.29) is 6.10 Å². The second-order valence-electron chi connectivity index (χ2n) is 4.76. The number of hydrogen-bond acceptors (Lipinski definition) is 3. The minimum Gasteiger partial charge on any atom is -0.491 e. The molecule has 0 heterocycles. The van der Waals surface area contributed by atoms with Gasteiger partial charge in [0, 0.05) is 0 Å².